The van der Waals surface area contributed by atoms with E-state index in [1.165, 1.54) is 5.56 Å². The van der Waals surface area contributed by atoms with Gasteiger partial charge in [-0.25, -0.2) is 4.98 Å². The van der Waals surface area contributed by atoms with Gasteiger partial charge in [0.1, 0.15) is 0 Å². The van der Waals surface area contributed by atoms with Gasteiger partial charge in [0.05, 0.1) is 12.0 Å². The van der Waals surface area contributed by atoms with E-state index >= 15 is 0 Å². The number of hydrogen-bond acceptors (Lipinski definition) is 4. The number of nitrogens with zero attached hydrogens (tertiary/aromatic N) is 2. The molecule has 1 aromatic carbocycles. The van der Waals surface area contributed by atoms with Crippen LogP contribution >= 0.6 is 0 Å². The normalized spacial score (nSPS) is 14.6. The molecule has 5 nitrogen and oxygen atoms in total. The van der Waals surface area contributed by atoms with E-state index in [1.54, 1.807) is 0 Å². The smallest absolute Gasteiger partial charge is 0.231 e. The molecule has 1 aliphatic rings. The summed E-state index contributed by atoms with van der Waals surface area (Å²) in [6, 6.07) is 6.29. The van der Waals surface area contributed by atoms with E-state index < -0.39 is 0 Å². The number of aryl methyl sites for hydroxylation is 1. The van der Waals surface area contributed by atoms with E-state index in [4.69, 9.17) is 9.47 Å². The van der Waals surface area contributed by atoms with Gasteiger partial charge in [-0.3, -0.25) is 0 Å². The van der Waals surface area contributed by atoms with Crippen LogP contribution in [0.15, 0.2) is 30.7 Å². The number of aromatic nitrogens is 2. The molecule has 0 aliphatic carbocycles. The van der Waals surface area contributed by atoms with Crippen molar-refractivity contribution in [2.24, 2.45) is 7.05 Å². The lowest BCUT2D eigenvalue weighted by molar-refractivity contribution is 0.174. The van der Waals surface area contributed by atoms with Gasteiger partial charge < -0.3 is 19.4 Å². The van der Waals surface area contributed by atoms with E-state index in [-0.39, 0.29) is 6.04 Å². The lowest BCUT2D eigenvalue weighted by Gasteiger charge is -2.14. The van der Waals surface area contributed by atoms with E-state index in [1.807, 2.05) is 36.3 Å². The van der Waals surface area contributed by atoms with Gasteiger partial charge >= 0.3 is 0 Å². The third-order valence-electron chi connectivity index (χ3n) is 3.40. The Hall–Kier alpha value is -2.01. The van der Waals surface area contributed by atoms with Crippen LogP contribution in [0.5, 0.6) is 11.5 Å². The zero-order valence-electron chi connectivity index (χ0n) is 11.1. The highest BCUT2D eigenvalue weighted by Crippen LogP contribution is 2.34. The van der Waals surface area contributed by atoms with Crippen LogP contribution in [0.1, 0.15) is 24.2 Å². The Labute approximate surface area is 112 Å². The summed E-state index contributed by atoms with van der Waals surface area (Å²) in [7, 11) is 2.00. The quantitative estimate of drug-likeness (QED) is 0.912. The van der Waals surface area contributed by atoms with Gasteiger partial charge in [0.25, 0.3) is 0 Å². The van der Waals surface area contributed by atoms with Crippen LogP contribution in [0.25, 0.3) is 0 Å². The lowest BCUT2D eigenvalue weighted by atomic mass is 10.1. The molecule has 0 spiro atoms. The molecule has 0 radical (unpaired) electrons. The Morgan fingerprint density at radius 3 is 3.00 bits per heavy atom. The summed E-state index contributed by atoms with van der Waals surface area (Å²) < 4.78 is 12.7. The first kappa shape index (κ1) is 12.0. The van der Waals surface area contributed by atoms with Gasteiger partial charge in [-0.15, -0.1) is 0 Å². The molecule has 100 valence electrons. The molecule has 1 N–H and O–H groups in total. The first-order valence-electron chi connectivity index (χ1n) is 6.32. The molecule has 0 saturated carbocycles. The van der Waals surface area contributed by atoms with Crippen molar-refractivity contribution < 1.29 is 9.47 Å². The van der Waals surface area contributed by atoms with Crippen molar-refractivity contribution in [2.45, 2.75) is 19.5 Å². The number of imidazole rings is 1. The first-order valence-corrected chi connectivity index (χ1v) is 6.32. The van der Waals surface area contributed by atoms with Crippen LogP contribution in [0.4, 0.5) is 0 Å². The van der Waals surface area contributed by atoms with E-state index in [2.05, 4.69) is 23.3 Å². The van der Waals surface area contributed by atoms with Crippen molar-refractivity contribution in [1.29, 1.82) is 0 Å². The molecule has 0 saturated heterocycles. The van der Waals surface area contributed by atoms with Gasteiger partial charge in [-0.05, 0) is 24.6 Å². The van der Waals surface area contributed by atoms with E-state index in [9.17, 15) is 0 Å². The molecule has 2 heterocycles. The number of fused-ring (bicyclic) bond motifs is 1. The maximum Gasteiger partial charge on any atom is 0.231 e. The standard InChI is InChI=1S/C14H17N3O2/c1-10(16-7-12-6-15-8-17(12)2)11-3-4-13-14(5-11)19-9-18-13/h3-6,8,10,16H,7,9H2,1-2H3/t10-/m1/s1. The summed E-state index contributed by atoms with van der Waals surface area (Å²) in [6.07, 6.45) is 3.68. The Balaban J connectivity index is 1.67. The number of benzene rings is 1. The highest BCUT2D eigenvalue weighted by Gasteiger charge is 2.15. The second-order valence-corrected chi connectivity index (χ2v) is 4.71. The maximum absolute atomic E-state index is 5.39. The van der Waals surface area contributed by atoms with Crippen molar-refractivity contribution in [3.63, 3.8) is 0 Å². The fourth-order valence-electron chi connectivity index (χ4n) is 2.11. The number of ether oxygens (including phenoxy) is 2. The van der Waals surface area contributed by atoms with Crippen molar-refractivity contribution in [3.05, 3.63) is 42.0 Å². The van der Waals surface area contributed by atoms with Crippen molar-refractivity contribution >= 4 is 0 Å². The summed E-state index contributed by atoms with van der Waals surface area (Å²) >= 11 is 0. The minimum atomic E-state index is 0.240. The monoisotopic (exact) mass is 259 g/mol. The molecule has 2 aromatic rings. The molecule has 1 aromatic heterocycles. The molecule has 19 heavy (non-hydrogen) atoms. The van der Waals surface area contributed by atoms with Crippen LogP contribution in [-0.4, -0.2) is 16.3 Å². The molecule has 0 fully saturated rings. The number of nitrogens with one attached hydrogen (secondary N) is 1. The van der Waals surface area contributed by atoms with Gasteiger partial charge in [-0.2, -0.15) is 0 Å². The van der Waals surface area contributed by atoms with Crippen LogP contribution in [0, 0.1) is 0 Å². The Morgan fingerprint density at radius 2 is 2.21 bits per heavy atom. The molecule has 5 heteroatoms. The lowest BCUT2D eigenvalue weighted by Crippen LogP contribution is -2.19. The van der Waals surface area contributed by atoms with Crippen LogP contribution in [0.2, 0.25) is 0 Å². The topological polar surface area (TPSA) is 48.3 Å². The average Bonchev–Trinajstić information content (AvgIpc) is 3.03. The molecular formula is C14H17N3O2. The summed E-state index contributed by atoms with van der Waals surface area (Å²) in [4.78, 5) is 4.11. The first-order chi connectivity index (χ1) is 9.24. The number of hydrogen-bond donors (Lipinski definition) is 1. The summed E-state index contributed by atoms with van der Waals surface area (Å²) in [5.41, 5.74) is 2.35. The van der Waals surface area contributed by atoms with Gasteiger partial charge in [0.2, 0.25) is 6.79 Å². The Kier molecular flexibility index (Phi) is 3.13. The predicted octanol–water partition coefficient (Wildman–Crippen LogP) is 2.00. The van der Waals surface area contributed by atoms with Gasteiger partial charge in [-0.1, -0.05) is 6.07 Å². The predicted molar refractivity (Wildman–Crippen MR) is 71.0 cm³/mol. The SMILES string of the molecule is C[C@@H](NCc1cncn1C)c1ccc2c(c1)OCO2. The molecule has 1 atom stereocenters. The molecule has 0 bridgehead atoms. The fourth-order valence-corrected chi connectivity index (χ4v) is 2.11. The van der Waals surface area contributed by atoms with Crippen molar-refractivity contribution in [2.75, 3.05) is 6.79 Å². The van der Waals surface area contributed by atoms with Gasteiger partial charge in [0.15, 0.2) is 11.5 Å². The molecular weight excluding hydrogens is 242 g/mol. The summed E-state index contributed by atoms with van der Waals surface area (Å²) in [5, 5.41) is 3.48. The highest BCUT2D eigenvalue weighted by molar-refractivity contribution is 5.45. The minimum absolute atomic E-state index is 0.240. The van der Waals surface area contributed by atoms with E-state index in [0.29, 0.717) is 6.79 Å². The summed E-state index contributed by atoms with van der Waals surface area (Å²) in [5.74, 6) is 1.65. The zero-order chi connectivity index (χ0) is 13.2. The minimum Gasteiger partial charge on any atom is -0.454 e. The summed E-state index contributed by atoms with van der Waals surface area (Å²) in [6.45, 7) is 3.23. The number of rotatable bonds is 4. The maximum atomic E-state index is 5.39. The second-order valence-electron chi connectivity index (χ2n) is 4.71. The largest absolute Gasteiger partial charge is 0.454 e. The average molecular weight is 259 g/mol. The van der Waals surface area contributed by atoms with Crippen LogP contribution in [-0.2, 0) is 13.6 Å². The second kappa shape index (κ2) is 4.93. The van der Waals surface area contributed by atoms with Crippen molar-refractivity contribution in [1.82, 2.24) is 14.9 Å². The Morgan fingerprint density at radius 1 is 1.37 bits per heavy atom. The van der Waals surface area contributed by atoms with Crippen LogP contribution in [0.3, 0.4) is 0 Å². The molecule has 1 aliphatic heterocycles. The zero-order valence-corrected chi connectivity index (χ0v) is 11.1. The van der Waals surface area contributed by atoms with Crippen molar-refractivity contribution in [3.8, 4) is 11.5 Å². The molecule has 0 unspecified atom stereocenters. The van der Waals surface area contributed by atoms with E-state index in [0.717, 1.165) is 23.7 Å². The van der Waals surface area contributed by atoms with Gasteiger partial charge in [0, 0.05) is 25.8 Å². The van der Waals surface area contributed by atoms with Crippen LogP contribution < -0.4 is 14.8 Å². The fraction of sp³-hybridized carbons (Fsp3) is 0.357. The molecule has 3 rings (SSSR count). The Bertz CT molecular complexity index is 580. The molecule has 0 amide bonds. The highest BCUT2D eigenvalue weighted by atomic mass is 16.7. The third-order valence-corrected chi connectivity index (χ3v) is 3.40. The third kappa shape index (κ3) is 2.42.